The van der Waals surface area contributed by atoms with Gasteiger partial charge in [-0.1, -0.05) is 35.9 Å². The number of hydrogen-bond donors (Lipinski definition) is 0. The number of benzene rings is 3. The van der Waals surface area contributed by atoms with Crippen molar-refractivity contribution in [3.63, 3.8) is 0 Å². The van der Waals surface area contributed by atoms with E-state index in [1.54, 1.807) is 30.5 Å². The fourth-order valence-electron chi connectivity index (χ4n) is 3.04. The predicted octanol–water partition coefficient (Wildman–Crippen LogP) is 4.74. The second kappa shape index (κ2) is 8.51. The molecule has 0 aliphatic heterocycles. The monoisotopic (exact) mass is 404 g/mol. The van der Waals surface area contributed by atoms with Gasteiger partial charge in [0, 0.05) is 5.56 Å². The van der Waals surface area contributed by atoms with Crippen LogP contribution >= 0.6 is 0 Å². The number of allylic oxidation sites excluding steroid dienone is 1. The van der Waals surface area contributed by atoms with Crippen molar-refractivity contribution in [3.8, 4) is 5.75 Å². The van der Waals surface area contributed by atoms with Gasteiger partial charge in [0.2, 0.25) is 11.5 Å². The molecule has 0 aromatic heterocycles. The number of hydrogen-bond acceptors (Lipinski definition) is 4. The van der Waals surface area contributed by atoms with E-state index in [-0.39, 0.29) is 11.5 Å². The third-order valence-corrected chi connectivity index (χ3v) is 4.49. The highest BCUT2D eigenvalue weighted by molar-refractivity contribution is 6.09. The summed E-state index contributed by atoms with van der Waals surface area (Å²) < 4.78 is 11.1. The molecule has 154 valence electrons. The number of Topliss-reactive ketones (excluding diaryl/α,β-unsaturated/α-hetero) is 1. The van der Waals surface area contributed by atoms with Crippen LogP contribution in [0.3, 0.4) is 0 Å². The van der Waals surface area contributed by atoms with Crippen molar-refractivity contribution < 1.29 is 23.5 Å². The highest BCUT2D eigenvalue weighted by Gasteiger charge is 2.20. The van der Waals surface area contributed by atoms with Crippen LogP contribution in [0.15, 0.2) is 72.6 Å². The van der Waals surface area contributed by atoms with E-state index in [1.165, 1.54) is 12.7 Å². The molecule has 0 saturated heterocycles. The first kappa shape index (κ1) is 21.3. The average Bonchev–Trinajstić information content (AvgIpc) is 2.71. The van der Waals surface area contributed by atoms with E-state index in [2.05, 4.69) is 6.07 Å². The van der Waals surface area contributed by atoms with Crippen LogP contribution in [0.1, 0.15) is 26.3 Å². The third kappa shape index (κ3) is 5.13. The molecule has 5 heteroatoms. The summed E-state index contributed by atoms with van der Waals surface area (Å²) in [5, 5.41) is 2.08. The van der Waals surface area contributed by atoms with Gasteiger partial charge >= 0.3 is 5.97 Å². The third-order valence-electron chi connectivity index (χ3n) is 4.49. The SMILES string of the molecule is COC(=O)c1ccc(O/C(=C\[N+](C)(C)C)C(=O)c2ccc3cc(C)ccc3c2)cc1. The zero-order chi connectivity index (χ0) is 21.9. The quantitative estimate of drug-likeness (QED) is 0.196. The van der Waals surface area contributed by atoms with Gasteiger partial charge in [0.05, 0.1) is 33.8 Å². The molecule has 3 rings (SSSR count). The van der Waals surface area contributed by atoms with Crippen molar-refractivity contribution in [2.45, 2.75) is 6.92 Å². The number of rotatable bonds is 6. The Kier molecular flexibility index (Phi) is 6.04. The summed E-state index contributed by atoms with van der Waals surface area (Å²) in [5.41, 5.74) is 2.14. The number of ether oxygens (including phenoxy) is 2. The van der Waals surface area contributed by atoms with E-state index >= 15 is 0 Å². The highest BCUT2D eigenvalue weighted by atomic mass is 16.5. The van der Waals surface area contributed by atoms with Crippen LogP contribution in [0, 0.1) is 6.92 Å². The van der Waals surface area contributed by atoms with Gasteiger partial charge in [-0.25, -0.2) is 4.79 Å². The molecule has 0 N–H and O–H groups in total. The number of methoxy groups -OCH3 is 1. The first-order valence-electron chi connectivity index (χ1n) is 9.61. The lowest BCUT2D eigenvalue weighted by molar-refractivity contribution is -0.818. The molecule has 3 aromatic rings. The smallest absolute Gasteiger partial charge is 0.337 e. The molecule has 0 heterocycles. The van der Waals surface area contributed by atoms with Crippen molar-refractivity contribution in [1.29, 1.82) is 0 Å². The Bertz CT molecular complexity index is 1120. The van der Waals surface area contributed by atoms with E-state index in [9.17, 15) is 9.59 Å². The van der Waals surface area contributed by atoms with Crippen LogP contribution in [0.5, 0.6) is 5.75 Å². The number of quaternary nitrogens is 1. The van der Waals surface area contributed by atoms with E-state index in [1.807, 2.05) is 58.4 Å². The molecule has 0 aliphatic carbocycles. The first-order chi connectivity index (χ1) is 14.2. The van der Waals surface area contributed by atoms with Crippen molar-refractivity contribution in [3.05, 3.63) is 89.3 Å². The molecule has 3 aromatic carbocycles. The molecule has 0 spiro atoms. The van der Waals surface area contributed by atoms with Gasteiger partial charge in [0.15, 0.2) is 0 Å². The average molecular weight is 404 g/mol. The Morgan fingerprint density at radius 1 is 0.833 bits per heavy atom. The van der Waals surface area contributed by atoms with Gasteiger partial charge in [0.25, 0.3) is 0 Å². The first-order valence-corrected chi connectivity index (χ1v) is 9.61. The maximum absolute atomic E-state index is 13.3. The summed E-state index contributed by atoms with van der Waals surface area (Å²) >= 11 is 0. The van der Waals surface area contributed by atoms with E-state index in [4.69, 9.17) is 9.47 Å². The van der Waals surface area contributed by atoms with Gasteiger partial charge < -0.3 is 14.0 Å². The minimum atomic E-state index is -0.425. The molecule has 0 atom stereocenters. The number of esters is 1. The molecule has 0 unspecified atom stereocenters. The van der Waals surface area contributed by atoms with Gasteiger partial charge in [0.1, 0.15) is 11.9 Å². The summed E-state index contributed by atoms with van der Waals surface area (Å²) in [7, 11) is 7.17. The Labute approximate surface area is 176 Å². The van der Waals surface area contributed by atoms with E-state index < -0.39 is 5.97 Å². The molecular formula is C25H26NO4+. The van der Waals surface area contributed by atoms with Crippen molar-refractivity contribution in [2.24, 2.45) is 0 Å². The molecule has 30 heavy (non-hydrogen) atoms. The summed E-state index contributed by atoms with van der Waals surface area (Å²) in [5.74, 6) is 0.0561. The predicted molar refractivity (Wildman–Crippen MR) is 118 cm³/mol. The minimum Gasteiger partial charge on any atom is -0.465 e. The van der Waals surface area contributed by atoms with Gasteiger partial charge in [-0.15, -0.1) is 0 Å². The summed E-state index contributed by atoms with van der Waals surface area (Å²) in [4.78, 5) is 24.9. The van der Waals surface area contributed by atoms with E-state index in [0.717, 1.165) is 10.8 Å². The van der Waals surface area contributed by atoms with Crippen LogP contribution in [0.4, 0.5) is 0 Å². The van der Waals surface area contributed by atoms with Crippen molar-refractivity contribution >= 4 is 22.5 Å². The Morgan fingerprint density at radius 2 is 1.43 bits per heavy atom. The Hall–Kier alpha value is -3.44. The zero-order valence-corrected chi connectivity index (χ0v) is 17.9. The normalized spacial score (nSPS) is 12.0. The van der Waals surface area contributed by atoms with Crippen molar-refractivity contribution in [2.75, 3.05) is 28.3 Å². The molecule has 0 amide bonds. The molecule has 0 radical (unpaired) electrons. The lowest BCUT2D eigenvalue weighted by atomic mass is 10.0. The van der Waals surface area contributed by atoms with Crippen LogP contribution in [0.25, 0.3) is 10.8 Å². The molecular weight excluding hydrogens is 378 g/mol. The Morgan fingerprint density at radius 3 is 2.07 bits per heavy atom. The van der Waals surface area contributed by atoms with Crippen molar-refractivity contribution in [1.82, 2.24) is 0 Å². The molecule has 5 nitrogen and oxygen atoms in total. The number of carbonyl (C=O) groups is 2. The second-order valence-electron chi connectivity index (χ2n) is 8.12. The number of nitrogens with zero attached hydrogens (tertiary/aromatic N) is 1. The van der Waals surface area contributed by atoms with Crippen LogP contribution in [-0.2, 0) is 4.74 Å². The fourth-order valence-corrected chi connectivity index (χ4v) is 3.04. The van der Waals surface area contributed by atoms with Crippen LogP contribution < -0.4 is 4.74 Å². The molecule has 0 aliphatic rings. The zero-order valence-electron chi connectivity index (χ0n) is 17.9. The minimum absolute atomic E-state index is 0.206. The number of aryl methyl sites for hydroxylation is 1. The van der Waals surface area contributed by atoms with Gasteiger partial charge in [-0.2, -0.15) is 0 Å². The molecule has 0 bridgehead atoms. The second-order valence-corrected chi connectivity index (χ2v) is 8.12. The standard InChI is InChI=1S/C25H26NO4/c1-17-6-7-20-15-21(9-8-19(20)14-17)24(27)23(16-26(2,3)4)30-22-12-10-18(11-13-22)25(28)29-5/h6-16H,1-5H3/q+1/b23-16-. The maximum Gasteiger partial charge on any atom is 0.337 e. The van der Waals surface area contributed by atoms with Crippen LogP contribution in [-0.4, -0.2) is 44.5 Å². The van der Waals surface area contributed by atoms with Gasteiger partial charge in [-0.05, 0) is 48.0 Å². The summed E-state index contributed by atoms with van der Waals surface area (Å²) in [6.45, 7) is 2.04. The fraction of sp³-hybridized carbons (Fsp3) is 0.200. The molecule has 0 fully saturated rings. The topological polar surface area (TPSA) is 52.6 Å². The Balaban J connectivity index is 1.94. The molecule has 0 saturated carbocycles. The highest BCUT2D eigenvalue weighted by Crippen LogP contribution is 2.23. The lowest BCUT2D eigenvalue weighted by Gasteiger charge is -2.20. The number of fused-ring (bicyclic) bond motifs is 1. The van der Waals surface area contributed by atoms with E-state index in [0.29, 0.717) is 21.4 Å². The summed E-state index contributed by atoms with van der Waals surface area (Å²) in [6.07, 6.45) is 1.76. The number of ketones is 1. The largest absolute Gasteiger partial charge is 0.465 e. The number of carbonyl (C=O) groups excluding carboxylic acids is 2. The lowest BCUT2D eigenvalue weighted by Crippen LogP contribution is -2.29. The van der Waals surface area contributed by atoms with Crippen LogP contribution in [0.2, 0.25) is 0 Å². The van der Waals surface area contributed by atoms with Gasteiger partial charge in [-0.3, -0.25) is 4.79 Å². The maximum atomic E-state index is 13.3. The summed E-state index contributed by atoms with van der Waals surface area (Å²) in [6, 6.07) is 18.3.